The van der Waals surface area contributed by atoms with E-state index >= 15 is 0 Å². The van der Waals surface area contributed by atoms with Crippen molar-refractivity contribution < 1.29 is 0 Å². The standard InChI is InChI=1S/C15H23N3S/c1-3-15(4-2)8-10-18(11-9-15)13-7-5-6-12(17-13)14(16)19/h5-7H,3-4,8-11H2,1-2H3,(H2,16,19). The van der Waals surface area contributed by atoms with Gasteiger partial charge in [-0.2, -0.15) is 0 Å². The average molecular weight is 277 g/mol. The van der Waals surface area contributed by atoms with E-state index in [1.165, 1.54) is 25.7 Å². The quantitative estimate of drug-likeness (QED) is 0.859. The van der Waals surface area contributed by atoms with Crippen molar-refractivity contribution in [2.45, 2.75) is 39.5 Å². The largest absolute Gasteiger partial charge is 0.388 e. The van der Waals surface area contributed by atoms with Crippen LogP contribution in [0.4, 0.5) is 5.82 Å². The van der Waals surface area contributed by atoms with Gasteiger partial charge in [-0.05, 0) is 30.4 Å². The predicted molar refractivity (Wildman–Crippen MR) is 84.6 cm³/mol. The maximum absolute atomic E-state index is 5.65. The maximum Gasteiger partial charge on any atom is 0.129 e. The molecule has 0 atom stereocenters. The summed E-state index contributed by atoms with van der Waals surface area (Å²) >= 11 is 4.99. The van der Waals surface area contributed by atoms with Crippen LogP contribution in [0, 0.1) is 5.41 Å². The number of thiocarbonyl (C=S) groups is 1. The first-order valence-corrected chi connectivity index (χ1v) is 7.53. The molecule has 1 saturated heterocycles. The number of anilines is 1. The van der Waals surface area contributed by atoms with Gasteiger partial charge < -0.3 is 10.6 Å². The number of hydrogen-bond donors (Lipinski definition) is 1. The molecule has 1 aliphatic heterocycles. The highest BCUT2D eigenvalue weighted by Crippen LogP contribution is 2.38. The first kappa shape index (κ1) is 14.3. The lowest BCUT2D eigenvalue weighted by atomic mass is 9.74. The molecule has 104 valence electrons. The molecular formula is C15H23N3S. The topological polar surface area (TPSA) is 42.1 Å². The zero-order valence-electron chi connectivity index (χ0n) is 11.9. The van der Waals surface area contributed by atoms with E-state index in [0.29, 0.717) is 10.4 Å². The van der Waals surface area contributed by atoms with Crippen molar-refractivity contribution in [3.8, 4) is 0 Å². The number of nitrogens with two attached hydrogens (primary N) is 1. The molecular weight excluding hydrogens is 254 g/mol. The zero-order chi connectivity index (χ0) is 13.9. The summed E-state index contributed by atoms with van der Waals surface area (Å²) in [5.74, 6) is 1.01. The summed E-state index contributed by atoms with van der Waals surface area (Å²) in [4.78, 5) is 7.28. The third-order valence-corrected chi connectivity index (χ3v) is 4.84. The van der Waals surface area contributed by atoms with Gasteiger partial charge in [-0.15, -0.1) is 0 Å². The molecule has 0 saturated carbocycles. The lowest BCUT2D eigenvalue weighted by Crippen LogP contribution is -2.40. The molecule has 0 radical (unpaired) electrons. The van der Waals surface area contributed by atoms with Crippen molar-refractivity contribution in [3.05, 3.63) is 23.9 Å². The Hall–Kier alpha value is -1.16. The summed E-state index contributed by atoms with van der Waals surface area (Å²) in [6, 6.07) is 5.91. The summed E-state index contributed by atoms with van der Waals surface area (Å²) in [5.41, 5.74) is 6.91. The van der Waals surface area contributed by atoms with Crippen LogP contribution in [0.25, 0.3) is 0 Å². The van der Waals surface area contributed by atoms with Crippen LogP contribution in [0.3, 0.4) is 0 Å². The number of hydrogen-bond acceptors (Lipinski definition) is 3. The molecule has 0 amide bonds. The van der Waals surface area contributed by atoms with Crippen molar-refractivity contribution in [1.82, 2.24) is 4.98 Å². The first-order chi connectivity index (χ1) is 9.10. The summed E-state index contributed by atoms with van der Waals surface area (Å²) in [5, 5.41) is 0. The Kier molecular flexibility index (Phi) is 4.40. The third kappa shape index (κ3) is 3.06. The zero-order valence-corrected chi connectivity index (χ0v) is 12.7. The van der Waals surface area contributed by atoms with Crippen molar-refractivity contribution >= 4 is 23.0 Å². The van der Waals surface area contributed by atoms with Gasteiger partial charge in [0.2, 0.25) is 0 Å². The molecule has 3 nitrogen and oxygen atoms in total. The summed E-state index contributed by atoms with van der Waals surface area (Å²) in [6.07, 6.45) is 5.05. The number of pyridine rings is 1. The highest BCUT2D eigenvalue weighted by atomic mass is 32.1. The van der Waals surface area contributed by atoms with Gasteiger partial charge in [0, 0.05) is 13.1 Å². The van der Waals surface area contributed by atoms with Gasteiger partial charge in [0.1, 0.15) is 10.8 Å². The minimum atomic E-state index is 0.371. The Labute approximate surface area is 121 Å². The van der Waals surface area contributed by atoms with E-state index in [-0.39, 0.29) is 0 Å². The van der Waals surface area contributed by atoms with Gasteiger partial charge in [0.05, 0.1) is 5.69 Å². The molecule has 0 aliphatic carbocycles. The second-order valence-electron chi connectivity index (χ2n) is 5.44. The predicted octanol–water partition coefficient (Wildman–Crippen LogP) is 3.12. The fourth-order valence-electron chi connectivity index (χ4n) is 2.90. The van der Waals surface area contributed by atoms with E-state index in [1.807, 2.05) is 18.2 Å². The SMILES string of the molecule is CCC1(CC)CCN(c2cccc(C(N)=S)n2)CC1. The van der Waals surface area contributed by atoms with Gasteiger partial charge in [-0.25, -0.2) is 4.98 Å². The summed E-state index contributed by atoms with van der Waals surface area (Å²) in [6.45, 7) is 6.78. The highest BCUT2D eigenvalue weighted by molar-refractivity contribution is 7.80. The van der Waals surface area contributed by atoms with Gasteiger partial charge in [0.25, 0.3) is 0 Å². The van der Waals surface area contributed by atoms with Crippen LogP contribution < -0.4 is 10.6 Å². The molecule has 0 aromatic carbocycles. The van der Waals surface area contributed by atoms with Crippen LogP contribution in [0.15, 0.2) is 18.2 Å². The molecule has 1 aromatic heterocycles. The molecule has 1 aliphatic rings. The lowest BCUT2D eigenvalue weighted by molar-refractivity contribution is 0.199. The second kappa shape index (κ2) is 5.87. The maximum atomic E-state index is 5.65. The average Bonchev–Trinajstić information content (AvgIpc) is 2.47. The first-order valence-electron chi connectivity index (χ1n) is 7.12. The van der Waals surface area contributed by atoms with Crippen LogP contribution >= 0.6 is 12.2 Å². The van der Waals surface area contributed by atoms with Gasteiger partial charge in [-0.1, -0.05) is 45.0 Å². The van der Waals surface area contributed by atoms with Crippen LogP contribution in [-0.4, -0.2) is 23.1 Å². The van der Waals surface area contributed by atoms with Crippen molar-refractivity contribution in [1.29, 1.82) is 0 Å². The van der Waals surface area contributed by atoms with E-state index in [4.69, 9.17) is 18.0 Å². The van der Waals surface area contributed by atoms with Crippen LogP contribution in [0.5, 0.6) is 0 Å². The number of aromatic nitrogens is 1. The van der Waals surface area contributed by atoms with Crippen molar-refractivity contribution in [3.63, 3.8) is 0 Å². The Morgan fingerprint density at radius 3 is 2.47 bits per heavy atom. The van der Waals surface area contributed by atoms with E-state index in [2.05, 4.69) is 23.7 Å². The molecule has 0 unspecified atom stereocenters. The molecule has 1 fully saturated rings. The lowest BCUT2D eigenvalue weighted by Gasteiger charge is -2.41. The Bertz CT molecular complexity index is 444. The highest BCUT2D eigenvalue weighted by Gasteiger charge is 2.31. The van der Waals surface area contributed by atoms with Crippen molar-refractivity contribution in [2.24, 2.45) is 11.1 Å². The minimum Gasteiger partial charge on any atom is -0.388 e. The normalized spacial score (nSPS) is 18.3. The molecule has 0 bridgehead atoms. The molecule has 4 heteroatoms. The minimum absolute atomic E-state index is 0.371. The van der Waals surface area contributed by atoms with Gasteiger partial charge in [0.15, 0.2) is 0 Å². The number of piperidine rings is 1. The van der Waals surface area contributed by atoms with Crippen LogP contribution in [-0.2, 0) is 0 Å². The van der Waals surface area contributed by atoms with E-state index in [0.717, 1.165) is 24.6 Å². The van der Waals surface area contributed by atoms with E-state index in [1.54, 1.807) is 0 Å². The fourth-order valence-corrected chi connectivity index (χ4v) is 3.02. The molecule has 2 rings (SSSR count). The smallest absolute Gasteiger partial charge is 0.129 e. The Balaban J connectivity index is 2.09. The Morgan fingerprint density at radius 1 is 1.32 bits per heavy atom. The van der Waals surface area contributed by atoms with E-state index < -0.39 is 0 Å². The van der Waals surface area contributed by atoms with Gasteiger partial charge in [-0.3, -0.25) is 0 Å². The molecule has 2 N–H and O–H groups in total. The summed E-state index contributed by atoms with van der Waals surface area (Å²) in [7, 11) is 0. The number of nitrogens with zero attached hydrogens (tertiary/aromatic N) is 2. The molecule has 1 aromatic rings. The molecule has 0 spiro atoms. The third-order valence-electron chi connectivity index (χ3n) is 4.63. The monoisotopic (exact) mass is 277 g/mol. The molecule has 2 heterocycles. The second-order valence-corrected chi connectivity index (χ2v) is 5.88. The molecule has 19 heavy (non-hydrogen) atoms. The van der Waals surface area contributed by atoms with Crippen LogP contribution in [0.1, 0.15) is 45.2 Å². The van der Waals surface area contributed by atoms with Crippen LogP contribution in [0.2, 0.25) is 0 Å². The fraction of sp³-hybridized carbons (Fsp3) is 0.600. The number of rotatable bonds is 4. The van der Waals surface area contributed by atoms with E-state index in [9.17, 15) is 0 Å². The summed E-state index contributed by atoms with van der Waals surface area (Å²) < 4.78 is 0. The van der Waals surface area contributed by atoms with Gasteiger partial charge >= 0.3 is 0 Å². The Morgan fingerprint density at radius 2 is 1.95 bits per heavy atom. The van der Waals surface area contributed by atoms with Crippen molar-refractivity contribution in [2.75, 3.05) is 18.0 Å².